The summed E-state index contributed by atoms with van der Waals surface area (Å²) in [6.07, 6.45) is 2.13. The first kappa shape index (κ1) is 19.3. The lowest BCUT2D eigenvalue weighted by molar-refractivity contribution is -0.870. The number of hydrogen-bond acceptors (Lipinski definition) is 5. The van der Waals surface area contributed by atoms with Gasteiger partial charge in [0.2, 0.25) is 0 Å². The number of unbranched alkanes of at least 4 members (excludes halogenated alkanes) is 1. The Morgan fingerprint density at radius 2 is 1.65 bits per heavy atom. The van der Waals surface area contributed by atoms with Crippen LogP contribution in [0, 0.1) is 0 Å². The van der Waals surface area contributed by atoms with E-state index < -0.39 is 7.82 Å². The van der Waals surface area contributed by atoms with E-state index in [1.165, 1.54) is 0 Å². The van der Waals surface area contributed by atoms with E-state index in [0.717, 1.165) is 25.9 Å². The summed E-state index contributed by atoms with van der Waals surface area (Å²) in [7, 11) is 1.19. The summed E-state index contributed by atoms with van der Waals surface area (Å²) in [5.41, 5.74) is 10.3. The molecule has 0 saturated carbocycles. The molecule has 0 heterocycles. The fourth-order valence-electron chi connectivity index (χ4n) is 0.719. The summed E-state index contributed by atoms with van der Waals surface area (Å²) in [5, 5.41) is 0. The average Bonchev–Trinajstić information content (AvgIpc) is 2.11. The van der Waals surface area contributed by atoms with Crippen LogP contribution >= 0.6 is 7.82 Å². The molecule has 0 radical (unpaired) electrons. The fourth-order valence-corrected chi connectivity index (χ4v) is 1.03. The van der Waals surface area contributed by atoms with E-state index in [2.05, 4.69) is 4.52 Å². The van der Waals surface area contributed by atoms with Crippen molar-refractivity contribution in [2.45, 2.75) is 12.8 Å². The summed E-state index contributed by atoms with van der Waals surface area (Å²) < 4.78 is 14.8. The summed E-state index contributed by atoms with van der Waals surface area (Å²) >= 11 is 0. The van der Waals surface area contributed by atoms with E-state index in [0.29, 0.717) is 11.0 Å². The lowest BCUT2D eigenvalue weighted by atomic mass is 10.3. The first-order valence-electron chi connectivity index (χ1n) is 5.51. The Balaban J connectivity index is 0. The van der Waals surface area contributed by atoms with E-state index in [9.17, 15) is 9.46 Å². The van der Waals surface area contributed by atoms with Gasteiger partial charge in [-0.05, 0) is 25.9 Å². The minimum atomic E-state index is -4.51. The second-order valence-electron chi connectivity index (χ2n) is 4.60. The Kier molecular flexibility index (Phi) is 11.3. The van der Waals surface area contributed by atoms with Crippen molar-refractivity contribution >= 4 is 7.82 Å². The van der Waals surface area contributed by atoms with Crippen LogP contribution in [-0.2, 0) is 9.09 Å². The minimum Gasteiger partial charge on any atom is -0.756 e. The predicted molar refractivity (Wildman–Crippen MR) is 66.0 cm³/mol. The highest BCUT2D eigenvalue weighted by molar-refractivity contribution is 7.44. The van der Waals surface area contributed by atoms with Crippen LogP contribution in [0.2, 0.25) is 0 Å². The van der Waals surface area contributed by atoms with Crippen LogP contribution in [0.1, 0.15) is 12.8 Å². The Morgan fingerprint density at radius 1 is 1.24 bits per heavy atom. The molecule has 0 saturated heterocycles. The molecular formula is C9H26N3O4P. The highest BCUT2D eigenvalue weighted by Crippen LogP contribution is 2.29. The summed E-state index contributed by atoms with van der Waals surface area (Å²) in [5.74, 6) is 0. The van der Waals surface area contributed by atoms with Crippen LogP contribution in [0.3, 0.4) is 0 Å². The van der Waals surface area contributed by atoms with Gasteiger partial charge in [-0.2, -0.15) is 0 Å². The van der Waals surface area contributed by atoms with Crippen molar-refractivity contribution in [2.24, 2.45) is 11.5 Å². The monoisotopic (exact) mass is 271 g/mol. The van der Waals surface area contributed by atoms with Gasteiger partial charge in [0, 0.05) is 0 Å². The summed E-state index contributed by atoms with van der Waals surface area (Å²) in [6, 6.07) is 0. The van der Waals surface area contributed by atoms with Gasteiger partial charge in [0.1, 0.15) is 13.2 Å². The van der Waals surface area contributed by atoms with Gasteiger partial charge in [-0.3, -0.25) is 4.57 Å². The lowest BCUT2D eigenvalue weighted by Gasteiger charge is -2.25. The van der Waals surface area contributed by atoms with Crippen LogP contribution in [-0.4, -0.2) is 56.8 Å². The topological polar surface area (TPSA) is 122 Å². The van der Waals surface area contributed by atoms with E-state index in [1.54, 1.807) is 0 Å². The predicted octanol–water partition coefficient (Wildman–Crippen LogP) is -1.15. The number of phosphoric ester groups is 1. The van der Waals surface area contributed by atoms with E-state index in [-0.39, 0.29) is 6.61 Å². The third kappa shape index (κ3) is 25.9. The largest absolute Gasteiger partial charge is 0.756 e. The van der Waals surface area contributed by atoms with Gasteiger partial charge in [0.25, 0.3) is 7.82 Å². The molecule has 106 valence electrons. The Labute approximate surface area is 104 Å². The highest BCUT2D eigenvalue weighted by Gasteiger charge is 2.08. The lowest BCUT2D eigenvalue weighted by Crippen LogP contribution is -2.37. The molecule has 0 aliphatic carbocycles. The third-order valence-electron chi connectivity index (χ3n) is 1.67. The SMILES string of the molecule is C[N+](C)(C)CCOP(=O)([O-])O.NCCCCN. The van der Waals surface area contributed by atoms with Crippen LogP contribution in [0.25, 0.3) is 0 Å². The smallest absolute Gasteiger partial charge is 0.265 e. The number of likely N-dealkylation sites (N-methyl/N-ethyl adjacent to an activating group) is 1. The second-order valence-corrected chi connectivity index (χ2v) is 5.80. The molecule has 0 bridgehead atoms. The van der Waals surface area contributed by atoms with Crippen molar-refractivity contribution in [2.75, 3.05) is 47.4 Å². The van der Waals surface area contributed by atoms with E-state index in [4.69, 9.17) is 16.4 Å². The summed E-state index contributed by atoms with van der Waals surface area (Å²) in [6.45, 7) is 2.10. The van der Waals surface area contributed by atoms with E-state index in [1.807, 2.05) is 21.1 Å². The van der Waals surface area contributed by atoms with Gasteiger partial charge >= 0.3 is 0 Å². The molecule has 0 spiro atoms. The molecule has 17 heavy (non-hydrogen) atoms. The van der Waals surface area contributed by atoms with Gasteiger partial charge in [-0.25, -0.2) is 0 Å². The molecule has 1 atom stereocenters. The average molecular weight is 271 g/mol. The van der Waals surface area contributed by atoms with Crippen LogP contribution in [0.4, 0.5) is 0 Å². The normalized spacial score (nSPS) is 14.8. The molecular weight excluding hydrogens is 245 g/mol. The van der Waals surface area contributed by atoms with Gasteiger partial charge in [0.05, 0.1) is 21.1 Å². The third-order valence-corrected chi connectivity index (χ3v) is 2.18. The van der Waals surface area contributed by atoms with Crippen molar-refractivity contribution in [3.8, 4) is 0 Å². The molecule has 5 N–H and O–H groups in total. The highest BCUT2D eigenvalue weighted by atomic mass is 31.2. The quantitative estimate of drug-likeness (QED) is 0.305. The van der Waals surface area contributed by atoms with Crippen LogP contribution in [0.5, 0.6) is 0 Å². The first-order valence-corrected chi connectivity index (χ1v) is 7.01. The number of phosphoric acid groups is 1. The maximum atomic E-state index is 10.1. The van der Waals surface area contributed by atoms with Crippen molar-refractivity contribution in [3.05, 3.63) is 0 Å². The van der Waals surface area contributed by atoms with Gasteiger partial charge in [0.15, 0.2) is 0 Å². The number of nitrogens with zero attached hydrogens (tertiary/aromatic N) is 1. The molecule has 0 amide bonds. The summed E-state index contributed by atoms with van der Waals surface area (Å²) in [4.78, 5) is 18.3. The Bertz CT molecular complexity index is 211. The zero-order valence-corrected chi connectivity index (χ0v) is 11.9. The second kappa shape index (κ2) is 9.96. The molecule has 0 rings (SSSR count). The number of rotatable bonds is 7. The van der Waals surface area contributed by atoms with Gasteiger partial charge < -0.3 is 30.3 Å². The Hall–Kier alpha value is -0.0100. The molecule has 0 aromatic heterocycles. The minimum absolute atomic E-state index is 0.0147. The van der Waals surface area contributed by atoms with Crippen molar-refractivity contribution in [3.63, 3.8) is 0 Å². The Morgan fingerprint density at radius 3 is 1.88 bits per heavy atom. The van der Waals surface area contributed by atoms with E-state index >= 15 is 0 Å². The maximum Gasteiger partial charge on any atom is 0.265 e. The van der Waals surface area contributed by atoms with Crippen molar-refractivity contribution < 1.29 is 23.4 Å². The first-order chi connectivity index (χ1) is 7.62. The standard InChI is InChI=1S/C5H14NO4P.C4H12N2/c1-6(2,3)4-5-10-11(7,8)9;5-3-1-2-4-6/h4-5H2,1-3H3,(H-,7,8,9);1-6H2. The molecule has 0 aliphatic rings. The zero-order valence-electron chi connectivity index (χ0n) is 11.0. The van der Waals surface area contributed by atoms with Gasteiger partial charge in [-0.1, -0.05) is 0 Å². The molecule has 0 aliphatic heterocycles. The number of quaternary nitrogens is 1. The zero-order chi connectivity index (χ0) is 13.9. The molecule has 1 unspecified atom stereocenters. The molecule has 7 nitrogen and oxygen atoms in total. The van der Waals surface area contributed by atoms with Crippen molar-refractivity contribution in [1.29, 1.82) is 0 Å². The maximum absolute atomic E-state index is 10.1. The van der Waals surface area contributed by atoms with Gasteiger partial charge in [-0.15, -0.1) is 0 Å². The van der Waals surface area contributed by atoms with Crippen LogP contribution in [0.15, 0.2) is 0 Å². The molecule has 0 fully saturated rings. The van der Waals surface area contributed by atoms with Crippen molar-refractivity contribution in [1.82, 2.24) is 0 Å². The molecule has 8 heteroatoms. The molecule has 0 aromatic carbocycles. The van der Waals surface area contributed by atoms with Crippen LogP contribution < -0.4 is 16.4 Å². The molecule has 0 aromatic rings. The number of hydrogen-bond donors (Lipinski definition) is 3. The fraction of sp³-hybridized carbons (Fsp3) is 1.00. The number of nitrogens with two attached hydrogens (primary N) is 2.